The maximum Gasteiger partial charge on any atom is 0.368 e. The Morgan fingerprint density at radius 1 is 1.05 bits per heavy atom. The van der Waals surface area contributed by atoms with Gasteiger partial charge >= 0.3 is 6.03 Å². The fraction of sp³-hybridized carbons (Fsp3) is 0. The number of nitrogens with zero attached hydrogens (tertiary/aromatic N) is 3. The van der Waals surface area contributed by atoms with E-state index in [4.69, 9.17) is 4.52 Å². The number of urea groups is 1. The highest BCUT2D eigenvalue weighted by atomic mass is 16.5. The number of benzene rings is 2. The Morgan fingerprint density at radius 2 is 1.95 bits per heavy atom. The highest BCUT2D eigenvalue weighted by Gasteiger charge is 2.12. The summed E-state index contributed by atoms with van der Waals surface area (Å²) < 4.78 is 5.25. The summed E-state index contributed by atoms with van der Waals surface area (Å²) in [6.07, 6.45) is 0. The van der Waals surface area contributed by atoms with E-state index in [1.807, 2.05) is 24.3 Å². The summed E-state index contributed by atoms with van der Waals surface area (Å²) in [4.78, 5) is 18.7. The lowest BCUT2D eigenvalue weighted by atomic mass is 10.1. The second-order valence-corrected chi connectivity index (χ2v) is 4.14. The van der Waals surface area contributed by atoms with E-state index in [1.54, 1.807) is 12.1 Å². The molecule has 5 nitrogen and oxygen atoms in total. The monoisotopic (exact) mass is 248 g/mol. The predicted octanol–water partition coefficient (Wildman–Crippen LogP) is 1.67. The zero-order valence-corrected chi connectivity index (χ0v) is 9.62. The van der Waals surface area contributed by atoms with Gasteiger partial charge in [0.1, 0.15) is 11.1 Å². The summed E-state index contributed by atoms with van der Waals surface area (Å²) >= 11 is 0. The predicted molar refractivity (Wildman–Crippen MR) is 66.0 cm³/mol. The molecule has 89 valence electrons. The van der Waals surface area contributed by atoms with Gasteiger partial charge in [-0.1, -0.05) is 17.3 Å². The SMILES string of the molecule is O=C1N=c2[c]c(-c3noc4ccccc34)ccc2=N1. The largest absolute Gasteiger partial charge is 0.368 e. The van der Waals surface area contributed by atoms with Gasteiger partial charge in [-0.3, -0.25) is 0 Å². The highest BCUT2D eigenvalue weighted by Crippen LogP contribution is 2.26. The van der Waals surface area contributed by atoms with Crippen LogP contribution in [0.4, 0.5) is 4.79 Å². The van der Waals surface area contributed by atoms with E-state index in [2.05, 4.69) is 21.2 Å². The van der Waals surface area contributed by atoms with E-state index in [-0.39, 0.29) is 0 Å². The van der Waals surface area contributed by atoms with Gasteiger partial charge in [0.25, 0.3) is 0 Å². The van der Waals surface area contributed by atoms with E-state index in [0.29, 0.717) is 22.0 Å². The van der Waals surface area contributed by atoms with Crippen LogP contribution in [-0.2, 0) is 0 Å². The lowest BCUT2D eigenvalue weighted by Crippen LogP contribution is -2.21. The Bertz CT molecular complexity index is 941. The number of carbonyl (C=O) groups excluding carboxylic acids is 1. The van der Waals surface area contributed by atoms with Gasteiger partial charge in [0.15, 0.2) is 5.58 Å². The van der Waals surface area contributed by atoms with Gasteiger partial charge in [-0.25, -0.2) is 4.79 Å². The van der Waals surface area contributed by atoms with Crippen LogP contribution in [0, 0.1) is 6.07 Å². The molecule has 5 heteroatoms. The molecule has 0 aliphatic carbocycles. The van der Waals surface area contributed by atoms with Crippen LogP contribution in [0.25, 0.3) is 22.2 Å². The topological polar surface area (TPSA) is 67.8 Å². The standard InChI is InChI=1S/C14H6N3O2/c18-14-15-10-6-5-8(7-11(10)16-14)13-9-3-1-2-4-12(9)19-17-13/h1-6H. The van der Waals surface area contributed by atoms with Crippen molar-refractivity contribution < 1.29 is 9.32 Å². The fourth-order valence-electron chi connectivity index (χ4n) is 2.09. The molecule has 0 N–H and O–H groups in total. The van der Waals surface area contributed by atoms with Gasteiger partial charge < -0.3 is 4.52 Å². The molecule has 19 heavy (non-hydrogen) atoms. The summed E-state index contributed by atoms with van der Waals surface area (Å²) in [5.74, 6) is 0. The van der Waals surface area contributed by atoms with Gasteiger partial charge in [-0.05, 0) is 24.3 Å². The summed E-state index contributed by atoms with van der Waals surface area (Å²) in [5.41, 5.74) is 2.13. The van der Waals surface area contributed by atoms with Crippen molar-refractivity contribution in [3.05, 3.63) is 53.2 Å². The molecule has 0 spiro atoms. The van der Waals surface area contributed by atoms with Gasteiger partial charge in [-0.15, -0.1) is 0 Å². The molecular weight excluding hydrogens is 242 g/mol. The molecule has 1 radical (unpaired) electrons. The van der Waals surface area contributed by atoms with Crippen LogP contribution >= 0.6 is 0 Å². The first-order chi connectivity index (χ1) is 9.31. The summed E-state index contributed by atoms with van der Waals surface area (Å²) in [5, 5.41) is 5.95. The highest BCUT2D eigenvalue weighted by molar-refractivity contribution is 5.91. The summed E-state index contributed by atoms with van der Waals surface area (Å²) in [7, 11) is 0. The molecule has 0 fully saturated rings. The van der Waals surface area contributed by atoms with E-state index >= 15 is 0 Å². The zero-order valence-electron chi connectivity index (χ0n) is 9.62. The molecule has 0 saturated heterocycles. The van der Waals surface area contributed by atoms with Gasteiger partial charge in [0.05, 0.1) is 5.36 Å². The van der Waals surface area contributed by atoms with Crippen molar-refractivity contribution in [2.24, 2.45) is 9.98 Å². The number of hydrogen-bond acceptors (Lipinski definition) is 3. The number of hydrogen-bond donors (Lipinski definition) is 0. The van der Waals surface area contributed by atoms with Gasteiger partial charge in [0, 0.05) is 17.0 Å². The maximum absolute atomic E-state index is 11.1. The number of amides is 2. The van der Waals surface area contributed by atoms with Crippen molar-refractivity contribution in [1.29, 1.82) is 0 Å². The first-order valence-electron chi connectivity index (χ1n) is 5.70. The van der Waals surface area contributed by atoms with Crippen molar-refractivity contribution in [2.75, 3.05) is 0 Å². The van der Waals surface area contributed by atoms with E-state index in [9.17, 15) is 4.79 Å². The second-order valence-electron chi connectivity index (χ2n) is 4.14. The minimum Gasteiger partial charge on any atom is -0.356 e. The van der Waals surface area contributed by atoms with Crippen LogP contribution in [0.15, 0.2) is 50.9 Å². The number of fused-ring (bicyclic) bond motifs is 2. The lowest BCUT2D eigenvalue weighted by Gasteiger charge is -1.94. The third-order valence-corrected chi connectivity index (χ3v) is 2.96. The third-order valence-electron chi connectivity index (χ3n) is 2.96. The minimum absolute atomic E-state index is 0.453. The molecule has 0 unspecified atom stereocenters. The molecule has 0 bridgehead atoms. The Hall–Kier alpha value is -2.82. The molecule has 4 rings (SSSR count). The third kappa shape index (κ3) is 1.48. The molecule has 1 aliphatic rings. The van der Waals surface area contributed by atoms with Gasteiger partial charge in [0.2, 0.25) is 0 Å². The number of para-hydroxylation sites is 1. The van der Waals surface area contributed by atoms with Crippen LogP contribution in [0.1, 0.15) is 0 Å². The van der Waals surface area contributed by atoms with Crippen molar-refractivity contribution in [3.8, 4) is 11.3 Å². The molecule has 2 amide bonds. The molecule has 0 atom stereocenters. The average molecular weight is 248 g/mol. The summed E-state index contributed by atoms with van der Waals surface area (Å²) in [6.45, 7) is 0. The van der Waals surface area contributed by atoms with Crippen molar-refractivity contribution >= 4 is 17.0 Å². The van der Waals surface area contributed by atoms with E-state index < -0.39 is 6.03 Å². The van der Waals surface area contributed by atoms with E-state index in [0.717, 1.165) is 10.9 Å². The smallest absolute Gasteiger partial charge is 0.356 e. The summed E-state index contributed by atoms with van der Waals surface area (Å²) in [6, 6.07) is 13.7. The average Bonchev–Trinajstić information content (AvgIpc) is 2.99. The molecule has 0 saturated carbocycles. The minimum atomic E-state index is -0.492. The first kappa shape index (κ1) is 10.1. The Labute approximate surface area is 106 Å². The van der Waals surface area contributed by atoms with Gasteiger partial charge in [-0.2, -0.15) is 9.98 Å². The van der Waals surface area contributed by atoms with Crippen molar-refractivity contribution in [2.45, 2.75) is 0 Å². The number of rotatable bonds is 1. The molecule has 2 aromatic carbocycles. The van der Waals surface area contributed by atoms with Crippen LogP contribution in [0.5, 0.6) is 0 Å². The molecule has 3 aromatic rings. The van der Waals surface area contributed by atoms with Crippen LogP contribution in [0.3, 0.4) is 0 Å². The lowest BCUT2D eigenvalue weighted by molar-refractivity contribution is 0.256. The molecular formula is C14H6N3O2. The first-order valence-corrected chi connectivity index (χ1v) is 5.70. The van der Waals surface area contributed by atoms with Crippen LogP contribution < -0.4 is 10.7 Å². The van der Waals surface area contributed by atoms with Crippen LogP contribution in [0.2, 0.25) is 0 Å². The molecule has 1 aromatic heterocycles. The quantitative estimate of drug-likeness (QED) is 0.657. The normalized spacial score (nSPS) is 13.2. The van der Waals surface area contributed by atoms with E-state index in [1.165, 1.54) is 0 Å². The Kier molecular flexibility index (Phi) is 1.91. The van der Waals surface area contributed by atoms with Crippen molar-refractivity contribution in [3.63, 3.8) is 0 Å². The number of carbonyl (C=O) groups is 1. The maximum atomic E-state index is 11.1. The Morgan fingerprint density at radius 3 is 2.89 bits per heavy atom. The van der Waals surface area contributed by atoms with Crippen molar-refractivity contribution in [1.82, 2.24) is 5.16 Å². The molecule has 1 aliphatic heterocycles. The van der Waals surface area contributed by atoms with Crippen LogP contribution in [-0.4, -0.2) is 11.2 Å². The number of aromatic nitrogens is 1. The fourth-order valence-corrected chi connectivity index (χ4v) is 2.09. The molecule has 2 heterocycles. The second kappa shape index (κ2) is 3.58. The zero-order chi connectivity index (χ0) is 12.8. The Balaban J connectivity index is 2.00.